The molecule has 0 saturated carbocycles. The summed E-state index contributed by atoms with van der Waals surface area (Å²) in [5.74, 6) is 0.327. The van der Waals surface area contributed by atoms with Crippen molar-refractivity contribution in [3.63, 3.8) is 0 Å². The molecule has 4 heteroatoms. The molecule has 0 aliphatic carbocycles. The van der Waals surface area contributed by atoms with E-state index < -0.39 is 11.7 Å². The molecule has 0 N–H and O–H groups in total. The molecule has 3 aromatic rings. The highest BCUT2D eigenvalue weighted by Gasteiger charge is 2.32. The molecule has 4 rings (SSSR count). The zero-order valence-electron chi connectivity index (χ0n) is 13.1. The van der Waals surface area contributed by atoms with Crippen molar-refractivity contribution in [3.05, 3.63) is 71.8 Å². The molecule has 0 saturated heterocycles. The van der Waals surface area contributed by atoms with Crippen molar-refractivity contribution in [2.45, 2.75) is 19.0 Å². The van der Waals surface area contributed by atoms with Crippen LogP contribution in [-0.4, -0.2) is 6.54 Å². The lowest BCUT2D eigenvalue weighted by Crippen LogP contribution is -2.15. The van der Waals surface area contributed by atoms with Crippen LogP contribution in [-0.2, 0) is 6.18 Å². The van der Waals surface area contributed by atoms with Crippen LogP contribution in [0.2, 0.25) is 0 Å². The first-order valence-corrected chi connectivity index (χ1v) is 7.91. The molecule has 1 nitrogen and oxygen atoms in total. The van der Waals surface area contributed by atoms with Gasteiger partial charge in [-0.2, -0.15) is 13.2 Å². The van der Waals surface area contributed by atoms with Gasteiger partial charge >= 0.3 is 6.18 Å². The summed E-state index contributed by atoms with van der Waals surface area (Å²) in [4.78, 5) is 2.10. The first-order chi connectivity index (χ1) is 11.4. The third-order valence-corrected chi connectivity index (χ3v) is 4.69. The number of anilines is 2. The molecule has 0 bridgehead atoms. The number of fused-ring (bicyclic) bond motifs is 3. The van der Waals surface area contributed by atoms with Gasteiger partial charge < -0.3 is 4.90 Å². The Balaban J connectivity index is 1.79. The van der Waals surface area contributed by atoms with E-state index in [1.807, 2.05) is 12.1 Å². The van der Waals surface area contributed by atoms with Crippen LogP contribution in [0.4, 0.5) is 24.5 Å². The fourth-order valence-electron chi connectivity index (χ4n) is 3.58. The van der Waals surface area contributed by atoms with Gasteiger partial charge in [0.15, 0.2) is 0 Å². The van der Waals surface area contributed by atoms with E-state index in [1.165, 1.54) is 16.3 Å². The highest BCUT2D eigenvalue weighted by molar-refractivity contribution is 5.93. The molecular formula is C20H16F3N. The maximum Gasteiger partial charge on any atom is 0.416 e. The Morgan fingerprint density at radius 3 is 2.33 bits per heavy atom. The summed E-state index contributed by atoms with van der Waals surface area (Å²) in [5, 5.41) is 2.41. The highest BCUT2D eigenvalue weighted by atomic mass is 19.4. The highest BCUT2D eigenvalue weighted by Crippen LogP contribution is 2.44. The summed E-state index contributed by atoms with van der Waals surface area (Å²) in [5.41, 5.74) is 2.54. The van der Waals surface area contributed by atoms with Crippen LogP contribution in [0.15, 0.2) is 60.7 Å². The Morgan fingerprint density at radius 1 is 0.917 bits per heavy atom. The van der Waals surface area contributed by atoms with E-state index in [0.29, 0.717) is 5.92 Å². The van der Waals surface area contributed by atoms with Crippen molar-refractivity contribution in [3.8, 4) is 0 Å². The Morgan fingerprint density at radius 2 is 1.62 bits per heavy atom. The minimum Gasteiger partial charge on any atom is -0.341 e. The maximum atomic E-state index is 12.8. The molecule has 0 radical (unpaired) electrons. The summed E-state index contributed by atoms with van der Waals surface area (Å²) in [6, 6.07) is 17.8. The van der Waals surface area contributed by atoms with Crippen LogP contribution in [0.3, 0.4) is 0 Å². The number of benzene rings is 3. The number of hydrogen-bond donors (Lipinski definition) is 0. The first kappa shape index (κ1) is 15.1. The van der Waals surface area contributed by atoms with Gasteiger partial charge in [-0.1, -0.05) is 37.3 Å². The van der Waals surface area contributed by atoms with Crippen molar-refractivity contribution in [2.75, 3.05) is 11.4 Å². The van der Waals surface area contributed by atoms with E-state index in [-0.39, 0.29) is 0 Å². The second-order valence-electron chi connectivity index (χ2n) is 6.28. The fraction of sp³-hybridized carbons (Fsp3) is 0.200. The Kier molecular flexibility index (Phi) is 3.30. The Labute approximate surface area is 138 Å². The van der Waals surface area contributed by atoms with E-state index in [1.54, 1.807) is 12.1 Å². The van der Waals surface area contributed by atoms with Gasteiger partial charge in [-0.3, -0.25) is 0 Å². The van der Waals surface area contributed by atoms with Crippen molar-refractivity contribution in [1.82, 2.24) is 0 Å². The Bertz CT molecular complexity index is 897. The molecule has 1 aliphatic heterocycles. The second kappa shape index (κ2) is 5.26. The lowest BCUT2D eigenvalue weighted by molar-refractivity contribution is -0.137. The van der Waals surface area contributed by atoms with Gasteiger partial charge in [0.1, 0.15) is 0 Å². The smallest absolute Gasteiger partial charge is 0.341 e. The van der Waals surface area contributed by atoms with E-state index in [2.05, 4.69) is 36.1 Å². The monoisotopic (exact) mass is 327 g/mol. The zero-order chi connectivity index (χ0) is 16.9. The predicted molar refractivity (Wildman–Crippen MR) is 90.8 cm³/mol. The molecular weight excluding hydrogens is 311 g/mol. The zero-order valence-corrected chi connectivity index (χ0v) is 13.1. The van der Waals surface area contributed by atoms with Crippen molar-refractivity contribution < 1.29 is 13.2 Å². The largest absolute Gasteiger partial charge is 0.416 e. The van der Waals surface area contributed by atoms with Crippen molar-refractivity contribution in [1.29, 1.82) is 0 Å². The van der Waals surface area contributed by atoms with Crippen LogP contribution in [0.25, 0.3) is 10.8 Å². The SMILES string of the molecule is CC1CN(c2ccc(C(F)(F)F)cc2)c2ccc3ccccc3c21. The summed E-state index contributed by atoms with van der Waals surface area (Å²) in [6.45, 7) is 2.93. The summed E-state index contributed by atoms with van der Waals surface area (Å²) in [7, 11) is 0. The van der Waals surface area contributed by atoms with Crippen LogP contribution in [0.5, 0.6) is 0 Å². The minimum atomic E-state index is -4.30. The van der Waals surface area contributed by atoms with Gasteiger partial charge in [-0.25, -0.2) is 0 Å². The molecule has 0 aromatic heterocycles. The van der Waals surface area contributed by atoms with Gasteiger partial charge in [-0.05, 0) is 46.7 Å². The van der Waals surface area contributed by atoms with Gasteiger partial charge in [0, 0.05) is 23.8 Å². The number of alkyl halides is 3. The van der Waals surface area contributed by atoms with Crippen LogP contribution >= 0.6 is 0 Å². The summed E-state index contributed by atoms with van der Waals surface area (Å²) in [6.07, 6.45) is -4.30. The fourth-order valence-corrected chi connectivity index (χ4v) is 3.58. The van der Waals surface area contributed by atoms with Gasteiger partial charge in [0.2, 0.25) is 0 Å². The third kappa shape index (κ3) is 2.33. The Hall–Kier alpha value is -2.49. The topological polar surface area (TPSA) is 3.24 Å². The standard InChI is InChI=1S/C20H16F3N/c1-13-12-24(16-9-7-15(8-10-16)20(21,22)23)18-11-6-14-4-2-3-5-17(14)19(13)18/h2-11,13H,12H2,1H3. The average molecular weight is 327 g/mol. The molecule has 1 unspecified atom stereocenters. The van der Waals surface area contributed by atoms with E-state index in [9.17, 15) is 13.2 Å². The van der Waals surface area contributed by atoms with Gasteiger partial charge in [0.25, 0.3) is 0 Å². The predicted octanol–water partition coefficient (Wildman–Crippen LogP) is 6.11. The second-order valence-corrected chi connectivity index (χ2v) is 6.28. The van der Waals surface area contributed by atoms with Crippen molar-refractivity contribution >= 4 is 22.1 Å². The average Bonchev–Trinajstić information content (AvgIpc) is 2.91. The molecule has 122 valence electrons. The summed E-state index contributed by atoms with van der Waals surface area (Å²) < 4.78 is 38.3. The number of halogens is 3. The molecule has 1 heterocycles. The van der Waals surface area contributed by atoms with Gasteiger partial charge in [0.05, 0.1) is 5.56 Å². The summed E-state index contributed by atoms with van der Waals surface area (Å²) >= 11 is 0. The minimum absolute atomic E-state index is 0.327. The number of hydrogen-bond acceptors (Lipinski definition) is 1. The van der Waals surface area contributed by atoms with Crippen LogP contribution in [0, 0.1) is 0 Å². The number of nitrogens with zero attached hydrogens (tertiary/aromatic N) is 1. The third-order valence-electron chi connectivity index (χ3n) is 4.69. The van der Waals surface area contributed by atoms with E-state index >= 15 is 0 Å². The first-order valence-electron chi connectivity index (χ1n) is 7.91. The normalized spacial score (nSPS) is 17.3. The van der Waals surface area contributed by atoms with Crippen molar-refractivity contribution in [2.24, 2.45) is 0 Å². The lowest BCUT2D eigenvalue weighted by atomic mass is 9.96. The van der Waals surface area contributed by atoms with Gasteiger partial charge in [-0.15, -0.1) is 0 Å². The molecule has 0 amide bonds. The van der Waals surface area contributed by atoms with E-state index in [0.717, 1.165) is 30.1 Å². The van der Waals surface area contributed by atoms with E-state index in [4.69, 9.17) is 0 Å². The molecule has 0 fully saturated rings. The maximum absolute atomic E-state index is 12.8. The molecule has 3 aromatic carbocycles. The molecule has 0 spiro atoms. The molecule has 1 aliphatic rings. The number of rotatable bonds is 1. The van der Waals surface area contributed by atoms with Crippen LogP contribution < -0.4 is 4.90 Å². The quantitative estimate of drug-likeness (QED) is 0.521. The van der Waals surface area contributed by atoms with Crippen LogP contribution in [0.1, 0.15) is 24.0 Å². The molecule has 1 atom stereocenters. The molecule has 24 heavy (non-hydrogen) atoms. The lowest BCUT2D eigenvalue weighted by Gasteiger charge is -2.20.